The number of hydrogen-bond donors (Lipinski definition) is 1. The quantitative estimate of drug-likeness (QED) is 0.629. The standard InChI is InChI=1S/C23H25FN2O3/c1-3-16-7-10-20-18(15-29-21(20)11-16)12-23(28)26(4-2)14-22(27)25-13-17-5-8-19(24)9-6-17/h5-11,15H,3-4,12-14H2,1-2H3,(H,25,27). The van der Waals surface area contributed by atoms with Crippen LogP contribution in [0.4, 0.5) is 4.39 Å². The van der Waals surface area contributed by atoms with E-state index in [0.29, 0.717) is 6.54 Å². The second-order valence-electron chi connectivity index (χ2n) is 6.93. The van der Waals surface area contributed by atoms with Crippen LogP contribution in [0, 0.1) is 5.82 Å². The van der Waals surface area contributed by atoms with E-state index in [4.69, 9.17) is 4.42 Å². The summed E-state index contributed by atoms with van der Waals surface area (Å²) in [4.78, 5) is 26.5. The summed E-state index contributed by atoms with van der Waals surface area (Å²) in [6.07, 6.45) is 2.71. The Bertz CT molecular complexity index is 995. The third-order valence-electron chi connectivity index (χ3n) is 4.94. The highest BCUT2D eigenvalue weighted by Gasteiger charge is 2.18. The highest BCUT2D eigenvalue weighted by molar-refractivity contribution is 5.90. The zero-order valence-corrected chi connectivity index (χ0v) is 16.7. The van der Waals surface area contributed by atoms with Gasteiger partial charge in [-0.25, -0.2) is 4.39 Å². The van der Waals surface area contributed by atoms with Gasteiger partial charge in [-0.2, -0.15) is 0 Å². The van der Waals surface area contributed by atoms with E-state index in [1.54, 1.807) is 18.4 Å². The molecule has 5 nitrogen and oxygen atoms in total. The fraction of sp³-hybridized carbons (Fsp3) is 0.304. The van der Waals surface area contributed by atoms with Gasteiger partial charge in [0, 0.05) is 24.0 Å². The molecule has 0 aliphatic heterocycles. The largest absolute Gasteiger partial charge is 0.464 e. The van der Waals surface area contributed by atoms with Gasteiger partial charge in [-0.1, -0.05) is 31.2 Å². The first-order valence-corrected chi connectivity index (χ1v) is 9.78. The van der Waals surface area contributed by atoms with Crippen LogP contribution >= 0.6 is 0 Å². The number of nitrogens with one attached hydrogen (secondary N) is 1. The van der Waals surface area contributed by atoms with Crippen molar-refractivity contribution in [2.45, 2.75) is 33.2 Å². The summed E-state index contributed by atoms with van der Waals surface area (Å²) in [7, 11) is 0. The third-order valence-corrected chi connectivity index (χ3v) is 4.94. The van der Waals surface area contributed by atoms with Crippen LogP contribution in [0.5, 0.6) is 0 Å². The molecule has 2 aromatic carbocycles. The van der Waals surface area contributed by atoms with Crippen molar-refractivity contribution in [3.8, 4) is 0 Å². The molecular weight excluding hydrogens is 371 g/mol. The molecule has 0 aliphatic rings. The lowest BCUT2D eigenvalue weighted by molar-refractivity contribution is -0.135. The number of carbonyl (C=O) groups is 2. The van der Waals surface area contributed by atoms with Crippen molar-refractivity contribution in [1.82, 2.24) is 10.2 Å². The molecule has 152 valence electrons. The zero-order chi connectivity index (χ0) is 20.8. The molecule has 2 amide bonds. The van der Waals surface area contributed by atoms with Crippen molar-refractivity contribution in [2.24, 2.45) is 0 Å². The minimum absolute atomic E-state index is 0.0215. The van der Waals surface area contributed by atoms with E-state index in [9.17, 15) is 14.0 Å². The molecule has 0 bridgehead atoms. The van der Waals surface area contributed by atoms with Gasteiger partial charge in [0.05, 0.1) is 19.2 Å². The second kappa shape index (κ2) is 9.37. The number of likely N-dealkylation sites (N-methyl/N-ethyl adjacent to an activating group) is 1. The van der Waals surface area contributed by atoms with Crippen LogP contribution in [-0.2, 0) is 29.0 Å². The number of rotatable bonds is 8. The van der Waals surface area contributed by atoms with Gasteiger partial charge < -0.3 is 14.6 Å². The van der Waals surface area contributed by atoms with Crippen LogP contribution in [0.15, 0.2) is 53.1 Å². The van der Waals surface area contributed by atoms with Gasteiger partial charge in [0.1, 0.15) is 11.4 Å². The Balaban J connectivity index is 1.58. The van der Waals surface area contributed by atoms with Crippen molar-refractivity contribution in [1.29, 1.82) is 0 Å². The smallest absolute Gasteiger partial charge is 0.239 e. The number of benzene rings is 2. The molecular formula is C23H25FN2O3. The first-order chi connectivity index (χ1) is 14.0. The average Bonchev–Trinajstić information content (AvgIpc) is 3.13. The van der Waals surface area contributed by atoms with Gasteiger partial charge in [-0.05, 0) is 42.7 Å². The molecule has 0 saturated heterocycles. The van der Waals surface area contributed by atoms with E-state index < -0.39 is 0 Å². The number of fused-ring (bicyclic) bond motifs is 1. The van der Waals surface area contributed by atoms with Crippen molar-refractivity contribution >= 4 is 22.8 Å². The van der Waals surface area contributed by atoms with Crippen molar-refractivity contribution in [3.63, 3.8) is 0 Å². The molecule has 0 saturated carbocycles. The molecule has 1 N–H and O–H groups in total. The normalized spacial score (nSPS) is 10.9. The van der Waals surface area contributed by atoms with E-state index in [2.05, 4.69) is 12.2 Å². The summed E-state index contributed by atoms with van der Waals surface area (Å²) in [5.74, 6) is -0.707. The molecule has 0 atom stereocenters. The summed E-state index contributed by atoms with van der Waals surface area (Å²) in [5.41, 5.74) is 3.56. The molecule has 3 aromatic rings. The Morgan fingerprint density at radius 2 is 1.79 bits per heavy atom. The van der Waals surface area contributed by atoms with Gasteiger partial charge in [0.15, 0.2) is 0 Å². The molecule has 0 fully saturated rings. The summed E-state index contributed by atoms with van der Waals surface area (Å²) in [6, 6.07) is 11.9. The predicted molar refractivity (Wildman–Crippen MR) is 110 cm³/mol. The fourth-order valence-corrected chi connectivity index (χ4v) is 3.17. The van der Waals surface area contributed by atoms with Crippen LogP contribution in [0.1, 0.15) is 30.5 Å². The van der Waals surface area contributed by atoms with Gasteiger partial charge in [-0.15, -0.1) is 0 Å². The molecule has 0 aliphatic carbocycles. The molecule has 0 radical (unpaired) electrons. The number of halogens is 1. The Labute approximate surface area is 169 Å². The molecule has 0 unspecified atom stereocenters. The summed E-state index contributed by atoms with van der Waals surface area (Å²) in [6.45, 7) is 4.61. The Morgan fingerprint density at radius 3 is 2.48 bits per heavy atom. The third kappa shape index (κ3) is 5.22. The van der Waals surface area contributed by atoms with E-state index in [1.807, 2.05) is 25.1 Å². The van der Waals surface area contributed by atoms with Crippen molar-refractivity contribution in [2.75, 3.05) is 13.1 Å². The van der Waals surface area contributed by atoms with Crippen molar-refractivity contribution in [3.05, 3.63) is 71.2 Å². The molecule has 1 aromatic heterocycles. The molecule has 0 spiro atoms. The van der Waals surface area contributed by atoms with Crippen LogP contribution in [0.25, 0.3) is 11.0 Å². The van der Waals surface area contributed by atoms with Crippen LogP contribution in [-0.4, -0.2) is 29.8 Å². The highest BCUT2D eigenvalue weighted by atomic mass is 19.1. The first kappa shape index (κ1) is 20.6. The average molecular weight is 396 g/mol. The minimum atomic E-state index is -0.319. The number of aryl methyl sites for hydroxylation is 1. The van der Waals surface area contributed by atoms with Crippen LogP contribution in [0.3, 0.4) is 0 Å². The number of nitrogens with zero attached hydrogens (tertiary/aromatic N) is 1. The lowest BCUT2D eigenvalue weighted by atomic mass is 10.1. The van der Waals surface area contributed by atoms with Gasteiger partial charge in [0.2, 0.25) is 11.8 Å². The molecule has 3 rings (SSSR count). The number of carbonyl (C=O) groups excluding carboxylic acids is 2. The molecule has 1 heterocycles. The maximum atomic E-state index is 12.9. The van der Waals surface area contributed by atoms with Crippen LogP contribution in [0.2, 0.25) is 0 Å². The summed E-state index contributed by atoms with van der Waals surface area (Å²) in [5, 5.41) is 3.69. The van der Waals surface area contributed by atoms with Crippen molar-refractivity contribution < 1.29 is 18.4 Å². The van der Waals surface area contributed by atoms with Gasteiger partial charge in [-0.3, -0.25) is 9.59 Å². The minimum Gasteiger partial charge on any atom is -0.464 e. The van der Waals surface area contributed by atoms with E-state index in [0.717, 1.165) is 28.5 Å². The predicted octanol–water partition coefficient (Wildman–Crippen LogP) is 3.84. The first-order valence-electron chi connectivity index (χ1n) is 9.78. The fourth-order valence-electron chi connectivity index (χ4n) is 3.17. The van der Waals surface area contributed by atoms with Crippen LogP contribution < -0.4 is 5.32 Å². The highest BCUT2D eigenvalue weighted by Crippen LogP contribution is 2.23. The SMILES string of the molecule is CCc1ccc2c(CC(=O)N(CC)CC(=O)NCc3ccc(F)cc3)coc2c1. The van der Waals surface area contributed by atoms with Gasteiger partial charge >= 0.3 is 0 Å². The Hall–Kier alpha value is -3.15. The molecule has 29 heavy (non-hydrogen) atoms. The lowest BCUT2D eigenvalue weighted by Crippen LogP contribution is -2.41. The zero-order valence-electron chi connectivity index (χ0n) is 16.7. The maximum Gasteiger partial charge on any atom is 0.239 e. The maximum absolute atomic E-state index is 12.9. The summed E-state index contributed by atoms with van der Waals surface area (Å²) < 4.78 is 18.6. The topological polar surface area (TPSA) is 62.6 Å². The van der Waals surface area contributed by atoms with E-state index in [1.165, 1.54) is 22.6 Å². The number of furan rings is 1. The van der Waals surface area contributed by atoms with Gasteiger partial charge in [0.25, 0.3) is 0 Å². The Morgan fingerprint density at radius 1 is 1.07 bits per heavy atom. The Kier molecular flexibility index (Phi) is 6.65. The molecule has 6 heteroatoms. The summed E-state index contributed by atoms with van der Waals surface area (Å²) >= 11 is 0. The lowest BCUT2D eigenvalue weighted by Gasteiger charge is -2.20. The second-order valence-corrected chi connectivity index (χ2v) is 6.93. The number of amides is 2. The van der Waals surface area contributed by atoms with E-state index >= 15 is 0 Å². The number of hydrogen-bond acceptors (Lipinski definition) is 3. The monoisotopic (exact) mass is 396 g/mol. The van der Waals surface area contributed by atoms with E-state index in [-0.39, 0.29) is 37.1 Å².